The summed E-state index contributed by atoms with van der Waals surface area (Å²) in [4.78, 5) is 14.5. The molecule has 106 valence electrons. The molecule has 18 heavy (non-hydrogen) atoms. The lowest BCUT2D eigenvalue weighted by Crippen LogP contribution is -2.40. The van der Waals surface area contributed by atoms with Crippen molar-refractivity contribution in [2.24, 2.45) is 11.8 Å². The van der Waals surface area contributed by atoms with E-state index in [-0.39, 0.29) is 0 Å². The Morgan fingerprint density at radius 1 is 1.33 bits per heavy atom. The zero-order valence-corrected chi connectivity index (χ0v) is 12.7. The molecule has 2 unspecified atom stereocenters. The molecule has 2 heteroatoms. The van der Waals surface area contributed by atoms with Crippen LogP contribution in [0.4, 0.5) is 0 Å². The second-order valence-electron chi connectivity index (χ2n) is 6.34. The SMILES string of the molecule is CCCCCN(CC1CC(C)CCC1=O)C(C)C. The molecule has 0 aliphatic heterocycles. The van der Waals surface area contributed by atoms with Gasteiger partial charge in [0, 0.05) is 24.9 Å². The minimum atomic E-state index is 0.303. The van der Waals surface area contributed by atoms with Gasteiger partial charge in [-0.15, -0.1) is 0 Å². The highest BCUT2D eigenvalue weighted by molar-refractivity contribution is 5.81. The highest BCUT2D eigenvalue weighted by atomic mass is 16.1. The maximum Gasteiger partial charge on any atom is 0.137 e. The van der Waals surface area contributed by atoms with Crippen LogP contribution in [0, 0.1) is 11.8 Å². The maximum atomic E-state index is 12.0. The second-order valence-corrected chi connectivity index (χ2v) is 6.34. The summed E-state index contributed by atoms with van der Waals surface area (Å²) < 4.78 is 0. The number of nitrogens with zero attached hydrogens (tertiary/aromatic N) is 1. The van der Waals surface area contributed by atoms with Crippen molar-refractivity contribution in [3.05, 3.63) is 0 Å². The largest absolute Gasteiger partial charge is 0.300 e. The van der Waals surface area contributed by atoms with Crippen LogP contribution in [0.5, 0.6) is 0 Å². The maximum absolute atomic E-state index is 12.0. The van der Waals surface area contributed by atoms with Gasteiger partial charge in [0.25, 0.3) is 0 Å². The van der Waals surface area contributed by atoms with Gasteiger partial charge in [0.15, 0.2) is 0 Å². The van der Waals surface area contributed by atoms with Gasteiger partial charge in [-0.25, -0.2) is 0 Å². The summed E-state index contributed by atoms with van der Waals surface area (Å²) in [5.41, 5.74) is 0. The number of ketones is 1. The van der Waals surface area contributed by atoms with Crippen molar-refractivity contribution in [1.29, 1.82) is 0 Å². The molecule has 2 atom stereocenters. The zero-order valence-electron chi connectivity index (χ0n) is 12.7. The molecule has 0 aromatic heterocycles. The molecule has 0 N–H and O–H groups in total. The van der Waals surface area contributed by atoms with Gasteiger partial charge in [-0.1, -0.05) is 26.7 Å². The lowest BCUT2D eigenvalue weighted by atomic mass is 9.81. The van der Waals surface area contributed by atoms with Crippen molar-refractivity contribution in [3.63, 3.8) is 0 Å². The smallest absolute Gasteiger partial charge is 0.137 e. The monoisotopic (exact) mass is 253 g/mol. The fraction of sp³-hybridized carbons (Fsp3) is 0.938. The molecular weight excluding hydrogens is 222 g/mol. The van der Waals surface area contributed by atoms with Crippen molar-refractivity contribution >= 4 is 5.78 Å². The second kappa shape index (κ2) is 7.93. The Labute approximate surface area is 113 Å². The quantitative estimate of drug-likeness (QED) is 0.642. The Balaban J connectivity index is 2.45. The van der Waals surface area contributed by atoms with Gasteiger partial charge in [-0.3, -0.25) is 4.79 Å². The Kier molecular flexibility index (Phi) is 6.91. The first kappa shape index (κ1) is 15.7. The molecule has 1 aliphatic carbocycles. The molecule has 1 aliphatic rings. The molecule has 0 aromatic rings. The molecule has 2 nitrogen and oxygen atoms in total. The molecule has 0 bridgehead atoms. The first-order valence-corrected chi connectivity index (χ1v) is 7.81. The van der Waals surface area contributed by atoms with Crippen LogP contribution < -0.4 is 0 Å². The number of Topliss-reactive ketones (excluding diaryl/α,β-unsaturated/α-hetero) is 1. The number of carbonyl (C=O) groups is 1. The zero-order chi connectivity index (χ0) is 13.5. The predicted octanol–water partition coefficient (Wildman–Crippen LogP) is 3.89. The van der Waals surface area contributed by atoms with E-state index < -0.39 is 0 Å². The molecule has 1 rings (SSSR count). The van der Waals surface area contributed by atoms with E-state index in [1.165, 1.54) is 19.3 Å². The third kappa shape index (κ3) is 5.09. The number of rotatable bonds is 7. The number of carbonyl (C=O) groups excluding carboxylic acids is 1. The molecule has 0 amide bonds. The summed E-state index contributed by atoms with van der Waals surface area (Å²) in [5.74, 6) is 1.55. The van der Waals surface area contributed by atoms with Crippen LogP contribution in [0.1, 0.15) is 66.2 Å². The lowest BCUT2D eigenvalue weighted by molar-refractivity contribution is -0.126. The average Bonchev–Trinajstić information content (AvgIpc) is 2.32. The molecule has 0 aromatic carbocycles. The van der Waals surface area contributed by atoms with Gasteiger partial charge in [0.05, 0.1) is 0 Å². The van der Waals surface area contributed by atoms with E-state index in [0.29, 0.717) is 17.7 Å². The Morgan fingerprint density at radius 3 is 2.67 bits per heavy atom. The van der Waals surface area contributed by atoms with Crippen molar-refractivity contribution in [1.82, 2.24) is 4.90 Å². The van der Waals surface area contributed by atoms with Gasteiger partial charge in [-0.2, -0.15) is 0 Å². The van der Waals surface area contributed by atoms with Gasteiger partial charge >= 0.3 is 0 Å². The molecule has 0 spiro atoms. The summed E-state index contributed by atoms with van der Waals surface area (Å²) in [6, 6.07) is 0.562. The van der Waals surface area contributed by atoms with Crippen LogP contribution in [0.3, 0.4) is 0 Å². The molecule has 0 saturated heterocycles. The van der Waals surface area contributed by atoms with Crippen LogP contribution in [-0.4, -0.2) is 29.8 Å². The lowest BCUT2D eigenvalue weighted by Gasteiger charge is -2.33. The van der Waals surface area contributed by atoms with E-state index in [0.717, 1.165) is 38.3 Å². The Hall–Kier alpha value is -0.370. The Morgan fingerprint density at radius 2 is 2.06 bits per heavy atom. The van der Waals surface area contributed by atoms with E-state index >= 15 is 0 Å². The average molecular weight is 253 g/mol. The minimum Gasteiger partial charge on any atom is -0.300 e. The van der Waals surface area contributed by atoms with Crippen molar-refractivity contribution in [2.75, 3.05) is 13.1 Å². The molecular formula is C16H31NO. The highest BCUT2D eigenvalue weighted by Gasteiger charge is 2.28. The van der Waals surface area contributed by atoms with Gasteiger partial charge in [0.1, 0.15) is 5.78 Å². The van der Waals surface area contributed by atoms with Crippen LogP contribution in [0.2, 0.25) is 0 Å². The van der Waals surface area contributed by atoms with Crippen LogP contribution in [0.15, 0.2) is 0 Å². The van der Waals surface area contributed by atoms with Crippen LogP contribution in [0.25, 0.3) is 0 Å². The molecule has 1 fully saturated rings. The first-order chi connectivity index (χ1) is 8.54. The summed E-state index contributed by atoms with van der Waals surface area (Å²) in [6.45, 7) is 11.2. The van der Waals surface area contributed by atoms with Crippen molar-refractivity contribution in [2.45, 2.75) is 72.3 Å². The predicted molar refractivity (Wildman–Crippen MR) is 77.7 cm³/mol. The van der Waals surface area contributed by atoms with E-state index in [1.54, 1.807) is 0 Å². The molecule has 0 radical (unpaired) electrons. The van der Waals surface area contributed by atoms with E-state index in [1.807, 2.05) is 0 Å². The van der Waals surface area contributed by atoms with Gasteiger partial charge in [0.2, 0.25) is 0 Å². The highest BCUT2D eigenvalue weighted by Crippen LogP contribution is 2.27. The van der Waals surface area contributed by atoms with Crippen molar-refractivity contribution < 1.29 is 4.79 Å². The normalized spacial score (nSPS) is 25.1. The molecule has 1 saturated carbocycles. The molecule has 0 heterocycles. The third-order valence-corrected chi connectivity index (χ3v) is 4.26. The fourth-order valence-electron chi connectivity index (χ4n) is 2.91. The van der Waals surface area contributed by atoms with Crippen LogP contribution in [-0.2, 0) is 4.79 Å². The summed E-state index contributed by atoms with van der Waals surface area (Å²) in [5, 5.41) is 0. The van der Waals surface area contributed by atoms with E-state index in [2.05, 4.69) is 32.6 Å². The van der Waals surface area contributed by atoms with Crippen LogP contribution >= 0.6 is 0 Å². The summed E-state index contributed by atoms with van der Waals surface area (Å²) in [7, 11) is 0. The number of hydrogen-bond donors (Lipinski definition) is 0. The van der Waals surface area contributed by atoms with E-state index in [9.17, 15) is 4.79 Å². The fourth-order valence-corrected chi connectivity index (χ4v) is 2.91. The first-order valence-electron chi connectivity index (χ1n) is 7.81. The van der Waals surface area contributed by atoms with Gasteiger partial charge < -0.3 is 4.90 Å². The number of hydrogen-bond acceptors (Lipinski definition) is 2. The number of unbranched alkanes of at least 4 members (excludes halogenated alkanes) is 2. The van der Waals surface area contributed by atoms with Gasteiger partial charge in [-0.05, 0) is 45.6 Å². The standard InChI is InChI=1S/C16H31NO/c1-5-6-7-10-17(13(2)3)12-15-11-14(4)8-9-16(15)18/h13-15H,5-12H2,1-4H3. The Bertz CT molecular complexity index is 249. The van der Waals surface area contributed by atoms with E-state index in [4.69, 9.17) is 0 Å². The van der Waals surface area contributed by atoms with Crippen molar-refractivity contribution in [3.8, 4) is 0 Å². The summed E-state index contributed by atoms with van der Waals surface area (Å²) in [6.07, 6.45) is 6.87. The minimum absolute atomic E-state index is 0.303. The summed E-state index contributed by atoms with van der Waals surface area (Å²) >= 11 is 0. The topological polar surface area (TPSA) is 20.3 Å². The third-order valence-electron chi connectivity index (χ3n) is 4.26.